The zero-order chi connectivity index (χ0) is 25.9. The molecule has 0 fully saturated rings. The molecule has 6 nitrogen and oxygen atoms in total. The largest absolute Gasteiger partial charge is 0.379 e. The van der Waals surface area contributed by atoms with Crippen LogP contribution in [0.15, 0.2) is 112 Å². The van der Waals surface area contributed by atoms with Crippen LogP contribution in [0.5, 0.6) is 0 Å². The first-order valence-corrected chi connectivity index (χ1v) is 12.9. The van der Waals surface area contributed by atoms with E-state index in [1.807, 2.05) is 44.2 Å². The fourth-order valence-corrected chi connectivity index (χ4v) is 4.87. The van der Waals surface area contributed by atoms with Crippen molar-refractivity contribution < 1.29 is 26.9 Å². The first-order chi connectivity index (χ1) is 17.1. The molecule has 0 saturated carbocycles. The zero-order valence-corrected chi connectivity index (χ0v) is 21.4. The minimum atomic E-state index is -4.20. The van der Waals surface area contributed by atoms with Crippen LogP contribution < -0.4 is 0 Å². The fraction of sp³-hybridized carbons (Fsp3) is 0.241. The van der Waals surface area contributed by atoms with Crippen LogP contribution in [0.1, 0.15) is 31.4 Å². The molecule has 36 heavy (non-hydrogen) atoms. The van der Waals surface area contributed by atoms with Crippen molar-refractivity contribution in [1.82, 2.24) is 0 Å². The van der Waals surface area contributed by atoms with E-state index < -0.39 is 21.7 Å². The predicted octanol–water partition coefficient (Wildman–Crippen LogP) is 5.47. The number of fused-ring (bicyclic) bond motifs is 2. The van der Waals surface area contributed by atoms with Gasteiger partial charge in [-0.3, -0.25) is 4.79 Å². The third-order valence-electron chi connectivity index (χ3n) is 6.05. The Labute approximate surface area is 212 Å². The third-order valence-corrected chi connectivity index (χ3v) is 7.29. The van der Waals surface area contributed by atoms with Crippen LogP contribution in [0.2, 0.25) is 0 Å². The van der Waals surface area contributed by atoms with E-state index in [1.54, 1.807) is 25.1 Å². The monoisotopic (exact) mass is 504 g/mol. The van der Waals surface area contributed by atoms with Gasteiger partial charge >= 0.3 is 10.1 Å². The van der Waals surface area contributed by atoms with E-state index in [0.717, 1.165) is 16.7 Å². The summed E-state index contributed by atoms with van der Waals surface area (Å²) in [7, 11) is -4.20. The van der Waals surface area contributed by atoms with Gasteiger partial charge in [-0.05, 0) is 68.2 Å². The molecule has 1 aliphatic carbocycles. The summed E-state index contributed by atoms with van der Waals surface area (Å²) in [5.74, 6) is -2.39. The van der Waals surface area contributed by atoms with Crippen molar-refractivity contribution in [3.8, 4) is 0 Å². The van der Waals surface area contributed by atoms with Crippen molar-refractivity contribution >= 4 is 15.9 Å². The van der Waals surface area contributed by atoms with Gasteiger partial charge in [0.1, 0.15) is 10.7 Å². The lowest BCUT2D eigenvalue weighted by molar-refractivity contribution is -0.210. The van der Waals surface area contributed by atoms with Gasteiger partial charge in [-0.25, -0.2) is 0 Å². The Balaban J connectivity index is 1.82. The van der Waals surface area contributed by atoms with E-state index in [0.29, 0.717) is 12.0 Å². The normalized spacial score (nSPS) is 20.6. The van der Waals surface area contributed by atoms with Crippen LogP contribution in [-0.2, 0) is 35.2 Å². The fourth-order valence-electron chi connectivity index (χ4n) is 3.89. The van der Waals surface area contributed by atoms with Crippen LogP contribution >= 0.6 is 0 Å². The lowest BCUT2D eigenvalue weighted by Gasteiger charge is -2.37. The number of rotatable bonds is 6. The molecule has 2 aromatic rings. The molecule has 2 aromatic carbocycles. The molecule has 7 heteroatoms. The van der Waals surface area contributed by atoms with Crippen molar-refractivity contribution in [2.24, 2.45) is 0 Å². The molecule has 0 saturated heterocycles. The number of carbonyl (C=O) groups excluding carboxylic acids is 1. The molecular weight excluding hydrogens is 476 g/mol. The predicted molar refractivity (Wildman–Crippen MR) is 136 cm³/mol. The first kappa shape index (κ1) is 25.6. The standard InChI is InChI=1S/C29H28O6S/c1-20-13-15-25(16-14-20)36(31,32)35-27-17-26-22(3)10-8-9-21(2)18-33-29(23(27)4,28(26)30)34-19-24-11-6-5-7-12-24/h5-8,11-17H,3,10,18-19H2,1-2,4H3. The van der Waals surface area contributed by atoms with Crippen molar-refractivity contribution in [2.45, 2.75) is 44.5 Å². The second kappa shape index (κ2) is 10.2. The smallest absolute Gasteiger partial charge is 0.339 e. The second-order valence-corrected chi connectivity index (χ2v) is 10.4. The second-order valence-electron chi connectivity index (χ2n) is 8.84. The van der Waals surface area contributed by atoms with Crippen LogP contribution in [-0.4, -0.2) is 26.6 Å². The van der Waals surface area contributed by atoms with Gasteiger partial charge in [-0.15, -0.1) is 5.73 Å². The van der Waals surface area contributed by atoms with E-state index in [-0.39, 0.29) is 35.0 Å². The maximum Gasteiger partial charge on any atom is 0.339 e. The molecular formula is C29H28O6S. The van der Waals surface area contributed by atoms with Gasteiger partial charge < -0.3 is 13.7 Å². The van der Waals surface area contributed by atoms with Crippen molar-refractivity contribution in [2.75, 3.05) is 6.61 Å². The number of benzene rings is 2. The lowest BCUT2D eigenvalue weighted by atomic mass is 9.85. The number of hydrogen-bond donors (Lipinski definition) is 0. The Bertz CT molecular complexity index is 1420. The quantitative estimate of drug-likeness (QED) is 0.383. The molecule has 1 heterocycles. The Morgan fingerprint density at radius 2 is 1.75 bits per heavy atom. The average molecular weight is 505 g/mol. The highest BCUT2D eigenvalue weighted by atomic mass is 32.2. The highest BCUT2D eigenvalue weighted by Crippen LogP contribution is 2.40. The maximum absolute atomic E-state index is 13.9. The van der Waals surface area contributed by atoms with Gasteiger partial charge in [0.2, 0.25) is 5.78 Å². The summed E-state index contributed by atoms with van der Waals surface area (Å²) in [6.45, 7) is 9.43. The molecule has 1 aliphatic heterocycles. The van der Waals surface area contributed by atoms with E-state index in [4.69, 9.17) is 13.7 Å². The molecule has 2 aliphatic rings. The molecule has 0 spiro atoms. The molecule has 0 aromatic heterocycles. The van der Waals surface area contributed by atoms with Gasteiger partial charge in [0.15, 0.2) is 0 Å². The lowest BCUT2D eigenvalue weighted by Crippen LogP contribution is -2.49. The van der Waals surface area contributed by atoms with Crippen molar-refractivity contribution in [3.63, 3.8) is 0 Å². The number of aryl methyl sites for hydroxylation is 1. The number of ether oxygens (including phenoxy) is 2. The summed E-state index contributed by atoms with van der Waals surface area (Å²) in [6, 6.07) is 15.7. The van der Waals surface area contributed by atoms with E-state index in [1.165, 1.54) is 18.2 Å². The number of ketones is 1. The van der Waals surface area contributed by atoms with E-state index in [2.05, 4.69) is 12.3 Å². The maximum atomic E-state index is 13.9. The molecule has 186 valence electrons. The summed E-state index contributed by atoms with van der Waals surface area (Å²) < 4.78 is 44.3. The Morgan fingerprint density at radius 1 is 1.06 bits per heavy atom. The van der Waals surface area contributed by atoms with Crippen LogP contribution in [0, 0.1) is 6.92 Å². The summed E-state index contributed by atoms with van der Waals surface area (Å²) in [4.78, 5) is 13.9. The SMILES string of the molecule is C=C1CC=C=C(C)COC2(OCc3ccccc3)C(=O)C1=CC(OS(=O)(=O)c1ccc(C)cc1)=C2C. The van der Waals surface area contributed by atoms with Gasteiger partial charge in [0, 0.05) is 11.1 Å². The Morgan fingerprint density at radius 3 is 2.44 bits per heavy atom. The highest BCUT2D eigenvalue weighted by Gasteiger charge is 2.50. The molecule has 1 atom stereocenters. The van der Waals surface area contributed by atoms with Gasteiger partial charge in [-0.2, -0.15) is 8.42 Å². The van der Waals surface area contributed by atoms with Crippen molar-refractivity contribution in [1.29, 1.82) is 0 Å². The van der Waals surface area contributed by atoms with Gasteiger partial charge in [0.05, 0.1) is 13.2 Å². The molecule has 2 bridgehead atoms. The zero-order valence-electron chi connectivity index (χ0n) is 20.5. The Kier molecular flexibility index (Phi) is 7.29. The number of Topliss-reactive ketones (excluding diaryl/α,β-unsaturated/α-hetero) is 1. The average Bonchev–Trinajstić information content (AvgIpc) is 2.85. The van der Waals surface area contributed by atoms with Crippen LogP contribution in [0.3, 0.4) is 0 Å². The van der Waals surface area contributed by atoms with Gasteiger partial charge in [-0.1, -0.05) is 54.6 Å². The van der Waals surface area contributed by atoms with Crippen LogP contribution in [0.4, 0.5) is 0 Å². The first-order valence-electron chi connectivity index (χ1n) is 11.5. The van der Waals surface area contributed by atoms with Crippen LogP contribution in [0.25, 0.3) is 0 Å². The highest BCUT2D eigenvalue weighted by molar-refractivity contribution is 7.86. The Hall–Kier alpha value is -3.48. The molecule has 0 N–H and O–H groups in total. The minimum Gasteiger partial charge on any atom is -0.379 e. The van der Waals surface area contributed by atoms with E-state index in [9.17, 15) is 13.2 Å². The third kappa shape index (κ3) is 5.20. The molecule has 1 unspecified atom stereocenters. The van der Waals surface area contributed by atoms with E-state index >= 15 is 0 Å². The summed E-state index contributed by atoms with van der Waals surface area (Å²) >= 11 is 0. The molecule has 4 rings (SSSR count). The molecule has 0 radical (unpaired) electrons. The summed E-state index contributed by atoms with van der Waals surface area (Å²) in [6.07, 6.45) is 3.52. The summed E-state index contributed by atoms with van der Waals surface area (Å²) in [5.41, 5.74) is 6.48. The number of hydrogen-bond acceptors (Lipinski definition) is 6. The molecule has 0 amide bonds. The number of carbonyl (C=O) groups is 1. The minimum absolute atomic E-state index is 0.00127. The summed E-state index contributed by atoms with van der Waals surface area (Å²) in [5, 5.41) is 0. The topological polar surface area (TPSA) is 78.9 Å². The van der Waals surface area contributed by atoms with Crippen molar-refractivity contribution in [3.05, 3.63) is 118 Å². The number of allylic oxidation sites excluding steroid dienone is 2. The van der Waals surface area contributed by atoms with Gasteiger partial charge in [0.25, 0.3) is 5.79 Å².